The average Bonchev–Trinajstić information content (AvgIpc) is 3.20. The van der Waals surface area contributed by atoms with Gasteiger partial charge in [0.15, 0.2) is 0 Å². The quantitative estimate of drug-likeness (QED) is 0.478. The summed E-state index contributed by atoms with van der Waals surface area (Å²) in [6.45, 7) is 4.55. The van der Waals surface area contributed by atoms with Gasteiger partial charge in [-0.05, 0) is 37.1 Å². The van der Waals surface area contributed by atoms with Crippen molar-refractivity contribution >= 4 is 10.9 Å². The Morgan fingerprint density at radius 2 is 1.67 bits per heavy atom. The summed E-state index contributed by atoms with van der Waals surface area (Å²) in [7, 11) is 3.20. The number of nitriles is 1. The molecular formula is C26H24N4O3. The van der Waals surface area contributed by atoms with Crippen molar-refractivity contribution in [2.45, 2.75) is 25.5 Å². The zero-order valence-corrected chi connectivity index (χ0v) is 19.0. The van der Waals surface area contributed by atoms with Gasteiger partial charge in [0.2, 0.25) is 0 Å². The molecule has 7 nitrogen and oxygen atoms in total. The first kappa shape index (κ1) is 21.0. The van der Waals surface area contributed by atoms with Crippen molar-refractivity contribution in [3.8, 4) is 17.3 Å². The van der Waals surface area contributed by atoms with E-state index in [1.165, 1.54) is 11.6 Å². The Morgan fingerprint density at radius 3 is 2.30 bits per heavy atom. The number of rotatable bonds is 2. The van der Waals surface area contributed by atoms with Gasteiger partial charge in [0.25, 0.3) is 5.56 Å². The maximum Gasteiger partial charge on any atom is 0.331 e. The van der Waals surface area contributed by atoms with Gasteiger partial charge >= 0.3 is 5.69 Å². The summed E-state index contributed by atoms with van der Waals surface area (Å²) >= 11 is 0. The van der Waals surface area contributed by atoms with E-state index in [-0.39, 0.29) is 11.2 Å². The fourth-order valence-corrected chi connectivity index (χ4v) is 4.85. The summed E-state index contributed by atoms with van der Waals surface area (Å²) in [5.41, 5.74) is 3.25. The Labute approximate surface area is 190 Å². The van der Waals surface area contributed by atoms with Crippen LogP contribution in [0.25, 0.3) is 22.2 Å². The van der Waals surface area contributed by atoms with Crippen LogP contribution in [0.2, 0.25) is 0 Å². The molecule has 1 aliphatic heterocycles. The minimum absolute atomic E-state index is 0.330. The van der Waals surface area contributed by atoms with Crippen molar-refractivity contribution in [2.75, 3.05) is 6.61 Å². The molecule has 0 amide bonds. The molecule has 0 saturated heterocycles. The van der Waals surface area contributed by atoms with Crippen LogP contribution >= 0.6 is 0 Å². The maximum atomic E-state index is 13.5. The highest BCUT2D eigenvalue weighted by Crippen LogP contribution is 2.45. The van der Waals surface area contributed by atoms with Crippen LogP contribution in [-0.4, -0.2) is 20.3 Å². The first-order valence-electron chi connectivity index (χ1n) is 10.8. The van der Waals surface area contributed by atoms with Crippen LogP contribution in [0.15, 0.2) is 64.2 Å². The van der Waals surface area contributed by atoms with E-state index in [0.717, 1.165) is 27.1 Å². The van der Waals surface area contributed by atoms with Crippen molar-refractivity contribution in [3.05, 3.63) is 92.3 Å². The number of ether oxygens (including phenoxy) is 1. The molecule has 2 aromatic heterocycles. The molecule has 0 saturated carbocycles. The van der Waals surface area contributed by atoms with Gasteiger partial charge in [-0.25, -0.2) is 4.79 Å². The molecule has 0 fully saturated rings. The molecule has 1 atom stereocenters. The molecular weight excluding hydrogens is 416 g/mol. The van der Waals surface area contributed by atoms with Crippen LogP contribution in [0.1, 0.15) is 36.8 Å². The summed E-state index contributed by atoms with van der Waals surface area (Å²) in [6.07, 6.45) is -0.497. The summed E-state index contributed by atoms with van der Waals surface area (Å²) in [5.74, 6) is 0. The number of hydrogen-bond donors (Lipinski definition) is 0. The second-order valence-electron chi connectivity index (χ2n) is 9.10. The standard InChI is InChI=1S/C26H24N4O3/c1-26(2)15-33-23(18-12-10-16(14-27)11-13-18)22-21-19(24(31)29(4)25(32)28(21)3)20(30(22)26)17-8-6-5-7-9-17/h5-13,23H,15H2,1-4H3/t23-/m0/s1. The van der Waals surface area contributed by atoms with Crippen LogP contribution in [0.3, 0.4) is 0 Å². The van der Waals surface area contributed by atoms with Gasteiger partial charge in [0.05, 0.1) is 46.1 Å². The number of fused-ring (bicyclic) bond motifs is 3. The topological polar surface area (TPSA) is 82.0 Å². The molecule has 0 spiro atoms. The Kier molecular flexibility index (Phi) is 4.66. The van der Waals surface area contributed by atoms with E-state index in [9.17, 15) is 14.9 Å². The normalized spacial score (nSPS) is 17.0. The molecule has 166 valence electrons. The molecule has 0 radical (unpaired) electrons. The molecule has 2 aromatic carbocycles. The highest BCUT2D eigenvalue weighted by atomic mass is 16.5. The first-order valence-corrected chi connectivity index (χ1v) is 10.8. The largest absolute Gasteiger partial charge is 0.365 e. The van der Waals surface area contributed by atoms with Crippen LogP contribution in [0, 0.1) is 11.3 Å². The van der Waals surface area contributed by atoms with Gasteiger partial charge < -0.3 is 9.30 Å². The van der Waals surface area contributed by atoms with E-state index in [1.54, 1.807) is 19.2 Å². The molecule has 0 bridgehead atoms. The Balaban J connectivity index is 1.98. The minimum Gasteiger partial charge on any atom is -0.365 e. The van der Waals surface area contributed by atoms with Gasteiger partial charge in [-0.15, -0.1) is 0 Å². The molecule has 33 heavy (non-hydrogen) atoms. The molecule has 3 heterocycles. The zero-order chi connectivity index (χ0) is 23.5. The Bertz CT molecular complexity index is 1550. The highest BCUT2D eigenvalue weighted by molar-refractivity contribution is 5.96. The van der Waals surface area contributed by atoms with Crippen molar-refractivity contribution in [1.29, 1.82) is 5.26 Å². The Morgan fingerprint density at radius 1 is 1.00 bits per heavy atom. The second kappa shape index (κ2) is 7.32. The molecule has 4 aromatic rings. The second-order valence-corrected chi connectivity index (χ2v) is 9.10. The summed E-state index contributed by atoms with van der Waals surface area (Å²) in [6, 6.07) is 19.2. The Hall–Kier alpha value is -3.89. The van der Waals surface area contributed by atoms with E-state index < -0.39 is 11.6 Å². The van der Waals surface area contributed by atoms with E-state index >= 15 is 0 Å². The molecule has 5 rings (SSSR count). The lowest BCUT2D eigenvalue weighted by Crippen LogP contribution is -2.40. The van der Waals surface area contributed by atoms with E-state index in [4.69, 9.17) is 4.74 Å². The number of nitrogens with zero attached hydrogens (tertiary/aromatic N) is 4. The SMILES string of the molecule is Cn1c(=O)c2c(-c3ccccc3)n3c(c2n(C)c1=O)[C@H](c1ccc(C#N)cc1)OCC3(C)C. The van der Waals surface area contributed by atoms with Crippen LogP contribution in [-0.2, 0) is 24.4 Å². The van der Waals surface area contributed by atoms with Gasteiger partial charge in [-0.1, -0.05) is 42.5 Å². The average molecular weight is 441 g/mol. The predicted octanol–water partition coefficient (Wildman–Crippen LogP) is 3.43. The van der Waals surface area contributed by atoms with Crippen LogP contribution in [0.5, 0.6) is 0 Å². The smallest absolute Gasteiger partial charge is 0.331 e. The van der Waals surface area contributed by atoms with Crippen molar-refractivity contribution in [3.63, 3.8) is 0 Å². The number of aromatic nitrogens is 3. The van der Waals surface area contributed by atoms with Crippen LogP contribution in [0.4, 0.5) is 0 Å². The van der Waals surface area contributed by atoms with Gasteiger partial charge in [0, 0.05) is 14.1 Å². The lowest BCUT2D eigenvalue weighted by molar-refractivity contribution is -0.00707. The molecule has 1 aliphatic rings. The minimum atomic E-state index is -0.497. The van der Waals surface area contributed by atoms with E-state index in [2.05, 4.69) is 24.5 Å². The number of aryl methyl sites for hydroxylation is 1. The van der Waals surface area contributed by atoms with Crippen LogP contribution < -0.4 is 11.2 Å². The van der Waals surface area contributed by atoms with E-state index in [0.29, 0.717) is 23.1 Å². The highest BCUT2D eigenvalue weighted by Gasteiger charge is 2.40. The summed E-state index contributed by atoms with van der Waals surface area (Å²) in [4.78, 5) is 26.5. The third-order valence-electron chi connectivity index (χ3n) is 6.46. The fourth-order valence-electron chi connectivity index (χ4n) is 4.85. The number of benzene rings is 2. The summed E-state index contributed by atoms with van der Waals surface area (Å²) < 4.78 is 11.2. The van der Waals surface area contributed by atoms with Gasteiger partial charge in [-0.3, -0.25) is 13.9 Å². The van der Waals surface area contributed by atoms with Gasteiger partial charge in [0.1, 0.15) is 6.10 Å². The molecule has 0 N–H and O–H groups in total. The lowest BCUT2D eigenvalue weighted by Gasteiger charge is -2.39. The van der Waals surface area contributed by atoms with Gasteiger partial charge in [-0.2, -0.15) is 5.26 Å². The van der Waals surface area contributed by atoms with Crippen molar-refractivity contribution in [1.82, 2.24) is 13.7 Å². The zero-order valence-electron chi connectivity index (χ0n) is 19.0. The number of hydrogen-bond acceptors (Lipinski definition) is 4. The maximum absolute atomic E-state index is 13.5. The third-order valence-corrected chi connectivity index (χ3v) is 6.46. The molecule has 7 heteroatoms. The first-order chi connectivity index (χ1) is 15.8. The third kappa shape index (κ3) is 2.99. The molecule has 0 unspecified atom stereocenters. The van der Waals surface area contributed by atoms with Crippen molar-refractivity contribution < 1.29 is 4.74 Å². The monoisotopic (exact) mass is 440 g/mol. The predicted molar refractivity (Wildman–Crippen MR) is 126 cm³/mol. The molecule has 0 aliphatic carbocycles. The van der Waals surface area contributed by atoms with Crippen molar-refractivity contribution in [2.24, 2.45) is 14.1 Å². The lowest BCUT2D eigenvalue weighted by atomic mass is 9.97. The van der Waals surface area contributed by atoms with E-state index in [1.807, 2.05) is 42.5 Å². The summed E-state index contributed by atoms with van der Waals surface area (Å²) in [5, 5.41) is 9.70. The fraction of sp³-hybridized carbons (Fsp3) is 0.269.